The van der Waals surface area contributed by atoms with E-state index in [1.54, 1.807) is 6.07 Å². The number of hydrogen-bond acceptors (Lipinski definition) is 3. The number of amides is 1. The number of carbonyl (C=O) groups is 2. The first kappa shape index (κ1) is 21.0. The predicted octanol–water partition coefficient (Wildman–Crippen LogP) is 4.80. The van der Waals surface area contributed by atoms with E-state index in [4.69, 9.17) is 33.0 Å². The molecule has 0 spiro atoms. The van der Waals surface area contributed by atoms with E-state index >= 15 is 0 Å². The largest absolute Gasteiger partial charge is 0.486 e. The Morgan fingerprint density at radius 2 is 1.78 bits per heavy atom. The highest BCUT2D eigenvalue weighted by Gasteiger charge is 2.18. The quantitative estimate of drug-likeness (QED) is 0.682. The van der Waals surface area contributed by atoms with Crippen LogP contribution in [0.25, 0.3) is 0 Å². The van der Waals surface area contributed by atoms with Crippen LogP contribution in [0.4, 0.5) is 10.1 Å². The summed E-state index contributed by atoms with van der Waals surface area (Å²) in [4.78, 5) is 21.8. The van der Waals surface area contributed by atoms with E-state index in [0.29, 0.717) is 11.3 Å². The van der Waals surface area contributed by atoms with Gasteiger partial charge in [0.15, 0.2) is 5.75 Å². The van der Waals surface area contributed by atoms with E-state index in [1.807, 2.05) is 19.1 Å². The number of benzene rings is 2. The second-order valence-electron chi connectivity index (χ2n) is 6.08. The van der Waals surface area contributed by atoms with Crippen molar-refractivity contribution < 1.29 is 23.8 Å². The number of aryl methyl sites for hydroxylation is 1. The Labute approximate surface area is 166 Å². The van der Waals surface area contributed by atoms with Gasteiger partial charge in [0.1, 0.15) is 6.61 Å². The molecule has 1 amide bonds. The lowest BCUT2D eigenvalue weighted by molar-refractivity contribution is -0.142. The highest BCUT2D eigenvalue weighted by Crippen LogP contribution is 2.35. The van der Waals surface area contributed by atoms with Crippen molar-refractivity contribution in [3.05, 3.63) is 57.1 Å². The van der Waals surface area contributed by atoms with Crippen LogP contribution in [0.3, 0.4) is 0 Å². The molecule has 2 rings (SSSR count). The Balaban J connectivity index is 2.15. The molecule has 0 bridgehead atoms. The third-order valence-electron chi connectivity index (χ3n) is 3.58. The van der Waals surface area contributed by atoms with Crippen LogP contribution < -0.4 is 10.1 Å². The third kappa shape index (κ3) is 6.12. The monoisotopic (exact) mass is 413 g/mol. The number of alkyl halides is 1. The number of halogens is 3. The number of anilines is 1. The molecule has 144 valence electrons. The molecule has 0 saturated heterocycles. The lowest BCUT2D eigenvalue weighted by atomic mass is 10.1. The number of carboxylic acids is 1. The van der Waals surface area contributed by atoms with Gasteiger partial charge in [-0.05, 0) is 47.9 Å². The summed E-state index contributed by atoms with van der Waals surface area (Å²) in [6, 6.07) is 8.34. The molecule has 0 radical (unpaired) electrons. The van der Waals surface area contributed by atoms with Gasteiger partial charge in [-0.15, -0.1) is 0 Å². The predicted molar refractivity (Wildman–Crippen MR) is 103 cm³/mol. The molecule has 0 heterocycles. The Hall–Kier alpha value is -2.31. The van der Waals surface area contributed by atoms with Crippen LogP contribution in [0.1, 0.15) is 23.6 Å². The summed E-state index contributed by atoms with van der Waals surface area (Å²) in [6.07, 6.45) is -2.38. The summed E-state index contributed by atoms with van der Waals surface area (Å²) in [5.74, 6) is -1.51. The van der Waals surface area contributed by atoms with Gasteiger partial charge in [-0.2, -0.15) is 0 Å². The maximum Gasteiger partial charge on any atom is 0.338 e. The summed E-state index contributed by atoms with van der Waals surface area (Å²) in [6.45, 7) is 3.46. The Morgan fingerprint density at radius 1 is 1.15 bits per heavy atom. The smallest absolute Gasteiger partial charge is 0.338 e. The summed E-state index contributed by atoms with van der Waals surface area (Å²) in [5.41, 5.74) is 2.74. The molecule has 2 aromatic carbocycles. The van der Waals surface area contributed by atoms with Crippen molar-refractivity contribution in [2.45, 2.75) is 33.0 Å². The maximum atomic E-state index is 13.4. The van der Waals surface area contributed by atoms with Crippen LogP contribution in [0.15, 0.2) is 30.3 Å². The molecule has 5 nitrogen and oxygen atoms in total. The van der Waals surface area contributed by atoms with Crippen LogP contribution in [-0.4, -0.2) is 23.2 Å². The van der Waals surface area contributed by atoms with Gasteiger partial charge < -0.3 is 15.2 Å². The number of aliphatic carboxylic acids is 1. The first-order valence-electron chi connectivity index (χ1n) is 8.01. The molecule has 0 aliphatic rings. The Morgan fingerprint density at radius 3 is 2.33 bits per heavy atom. The lowest BCUT2D eigenvalue weighted by Crippen LogP contribution is -2.17. The number of rotatable bonds is 7. The highest BCUT2D eigenvalue weighted by atomic mass is 35.5. The van der Waals surface area contributed by atoms with Crippen molar-refractivity contribution in [3.8, 4) is 5.75 Å². The van der Waals surface area contributed by atoms with E-state index < -0.39 is 12.1 Å². The van der Waals surface area contributed by atoms with Gasteiger partial charge in [0.05, 0.1) is 10.0 Å². The molecule has 0 aliphatic carbocycles. The van der Waals surface area contributed by atoms with Gasteiger partial charge in [0.25, 0.3) is 0 Å². The molecule has 1 atom stereocenters. The lowest BCUT2D eigenvalue weighted by Gasteiger charge is -2.13. The van der Waals surface area contributed by atoms with E-state index in [0.717, 1.165) is 11.1 Å². The van der Waals surface area contributed by atoms with Gasteiger partial charge >= 0.3 is 5.97 Å². The minimum Gasteiger partial charge on any atom is -0.486 e. The molecule has 27 heavy (non-hydrogen) atoms. The topological polar surface area (TPSA) is 75.6 Å². The SMILES string of the molecule is CC(=O)Nc1cc(C)cc(COc2c(Cl)cc(CC(F)C(=O)O)cc2Cl)c1. The summed E-state index contributed by atoms with van der Waals surface area (Å²) in [7, 11) is 0. The van der Waals surface area contributed by atoms with E-state index in [2.05, 4.69) is 5.32 Å². The van der Waals surface area contributed by atoms with Crippen LogP contribution in [0, 0.1) is 6.92 Å². The molecule has 2 aromatic rings. The van der Waals surface area contributed by atoms with Crippen molar-refractivity contribution in [1.29, 1.82) is 0 Å². The van der Waals surface area contributed by atoms with E-state index in [1.165, 1.54) is 19.1 Å². The minimum absolute atomic E-state index is 0.147. The van der Waals surface area contributed by atoms with Crippen LogP contribution >= 0.6 is 23.2 Å². The first-order valence-corrected chi connectivity index (χ1v) is 8.77. The molecular weight excluding hydrogens is 396 g/mol. The van der Waals surface area contributed by atoms with Crippen molar-refractivity contribution in [3.63, 3.8) is 0 Å². The Kier molecular flexibility index (Phi) is 7.05. The van der Waals surface area contributed by atoms with Crippen molar-refractivity contribution in [2.75, 3.05) is 5.32 Å². The zero-order valence-corrected chi connectivity index (χ0v) is 16.2. The van der Waals surface area contributed by atoms with Gasteiger partial charge in [-0.25, -0.2) is 9.18 Å². The van der Waals surface area contributed by atoms with Gasteiger partial charge in [-0.3, -0.25) is 4.79 Å². The summed E-state index contributed by atoms with van der Waals surface area (Å²) >= 11 is 12.3. The molecule has 2 N–H and O–H groups in total. The minimum atomic E-state index is -2.04. The van der Waals surface area contributed by atoms with Crippen molar-refractivity contribution >= 4 is 40.8 Å². The fourth-order valence-corrected chi connectivity index (χ4v) is 3.18. The molecule has 1 unspecified atom stereocenters. The number of hydrogen-bond donors (Lipinski definition) is 2. The second-order valence-corrected chi connectivity index (χ2v) is 6.89. The molecular formula is C19H18Cl2FNO4. The van der Waals surface area contributed by atoms with Crippen LogP contribution in [0.2, 0.25) is 10.0 Å². The van der Waals surface area contributed by atoms with Crippen molar-refractivity contribution in [1.82, 2.24) is 0 Å². The van der Waals surface area contributed by atoms with Gasteiger partial charge in [-0.1, -0.05) is 29.3 Å². The number of ether oxygens (including phenoxy) is 1. The van der Waals surface area contributed by atoms with E-state index in [9.17, 15) is 14.0 Å². The number of carbonyl (C=O) groups excluding carboxylic acids is 1. The third-order valence-corrected chi connectivity index (χ3v) is 4.14. The normalized spacial score (nSPS) is 11.7. The molecule has 8 heteroatoms. The van der Waals surface area contributed by atoms with Crippen LogP contribution in [0.5, 0.6) is 5.75 Å². The summed E-state index contributed by atoms with van der Waals surface area (Å²) < 4.78 is 19.1. The highest BCUT2D eigenvalue weighted by molar-refractivity contribution is 6.37. The summed E-state index contributed by atoms with van der Waals surface area (Å²) in [5, 5.41) is 11.7. The second kappa shape index (κ2) is 9.06. The fourth-order valence-electron chi connectivity index (χ4n) is 2.54. The molecule has 0 aromatic heterocycles. The van der Waals surface area contributed by atoms with Gasteiger partial charge in [0.2, 0.25) is 12.1 Å². The molecule has 0 aliphatic heterocycles. The maximum absolute atomic E-state index is 13.4. The van der Waals surface area contributed by atoms with Crippen LogP contribution in [-0.2, 0) is 22.6 Å². The average Bonchev–Trinajstić information content (AvgIpc) is 2.52. The average molecular weight is 414 g/mol. The fraction of sp³-hybridized carbons (Fsp3) is 0.263. The van der Waals surface area contributed by atoms with E-state index in [-0.39, 0.29) is 34.7 Å². The standard InChI is InChI=1S/C19H18Cl2FNO4/c1-10-3-13(5-14(4-10)23-11(2)24)9-27-18-15(20)6-12(7-16(18)21)8-17(22)19(25)26/h3-7,17H,8-9H2,1-2H3,(H,23,24)(H,25,26). The zero-order valence-electron chi connectivity index (χ0n) is 14.7. The zero-order chi connectivity index (χ0) is 20.1. The van der Waals surface area contributed by atoms with Gasteiger partial charge in [0, 0.05) is 19.0 Å². The first-order chi connectivity index (χ1) is 12.7. The molecule has 0 fully saturated rings. The number of nitrogens with one attached hydrogen (secondary N) is 1. The van der Waals surface area contributed by atoms with Crippen molar-refractivity contribution in [2.24, 2.45) is 0 Å². The Bertz CT molecular complexity index is 850. The number of carboxylic acid groups (broad SMARTS) is 1. The molecule has 0 saturated carbocycles.